The summed E-state index contributed by atoms with van der Waals surface area (Å²) in [5, 5.41) is 0. The molecule has 6 nitrogen and oxygen atoms in total. The number of hydrogen-bond donors (Lipinski definition) is 3. The number of phosphoric acid groups is 1. The molecule has 0 heterocycles. The fraction of sp³-hybridized carbons (Fsp3) is 0. The van der Waals surface area contributed by atoms with Crippen molar-refractivity contribution in [2.75, 3.05) is 0 Å². The van der Waals surface area contributed by atoms with Gasteiger partial charge in [-0.2, -0.15) is 7.82 Å². The molecule has 0 saturated heterocycles. The molecular weight excluding hydrogens is 262 g/mol. The summed E-state index contributed by atoms with van der Waals surface area (Å²) in [6.07, 6.45) is 0. The maximum absolute atomic E-state index is 8.55. The monoisotopic (exact) mass is 266 g/mol. The zero-order chi connectivity index (χ0) is 8.78. The maximum Gasteiger partial charge on any atom is 2.00 e. The molecule has 0 aromatic rings. The third kappa shape index (κ3) is 80.6. The first-order valence-corrected chi connectivity index (χ1v) is 4.01. The van der Waals surface area contributed by atoms with Gasteiger partial charge in [-0.3, -0.25) is 0 Å². The molecule has 0 aromatic carbocycles. The molecule has 0 aliphatic carbocycles. The summed E-state index contributed by atoms with van der Waals surface area (Å²) < 4.78 is 8.86. The second-order valence-corrected chi connectivity index (χ2v) is 2.95. The summed E-state index contributed by atoms with van der Waals surface area (Å²) in [6.45, 7) is 0. The van der Waals surface area contributed by atoms with E-state index in [4.69, 9.17) is 25.1 Å². The van der Waals surface area contributed by atoms with E-state index in [1.165, 1.54) is 0 Å². The van der Waals surface area contributed by atoms with E-state index < -0.39 is 7.82 Å². The smallest absolute Gasteiger partial charge is 0.822 e. The number of hydrogen-bond acceptors (Lipinski definition) is 6. The van der Waals surface area contributed by atoms with Crippen molar-refractivity contribution < 1.29 is 48.8 Å². The van der Waals surface area contributed by atoms with Gasteiger partial charge in [0.2, 0.25) is 0 Å². The summed E-state index contributed by atoms with van der Waals surface area (Å²) in [5.74, 6) is 4.70. The molecule has 12 heavy (non-hydrogen) atoms. The molecule has 0 atom stereocenters. The Balaban J connectivity index is -0.0000000457. The first kappa shape index (κ1) is 24.0. The minimum Gasteiger partial charge on any atom is -0.822 e. The number of nitrogens with one attached hydrogen (secondary N) is 1. The van der Waals surface area contributed by atoms with Gasteiger partial charge in [-0.1, -0.05) is 12.2 Å². The molecule has 0 bridgehead atoms. The van der Waals surface area contributed by atoms with Crippen molar-refractivity contribution >= 4 is 74.7 Å². The summed E-state index contributed by atoms with van der Waals surface area (Å²) in [4.78, 5) is 25.6. The predicted octanol–water partition coefficient (Wildman–Crippen LogP) is -6.54. The van der Waals surface area contributed by atoms with Gasteiger partial charge in [-0.05, 0) is 0 Å². The first-order valence-electron chi connectivity index (χ1n) is 1.70. The molecule has 0 aliphatic rings. The van der Waals surface area contributed by atoms with Gasteiger partial charge in [0.15, 0.2) is 0 Å². The maximum atomic E-state index is 8.55. The number of hydrazine groups is 1. The quantitative estimate of drug-likeness (QED) is 0.0994. The van der Waals surface area contributed by atoms with Crippen LogP contribution in [0.3, 0.4) is 0 Å². The molecule has 62 valence electrons. The van der Waals surface area contributed by atoms with E-state index in [1.54, 1.807) is 0 Å². The number of nitrogens with two attached hydrogens (primary N) is 1. The molecule has 0 radical (unpaired) electrons. The Labute approximate surface area is 133 Å². The summed E-state index contributed by atoms with van der Waals surface area (Å²) in [5.41, 5.74) is 2.12. The van der Waals surface area contributed by atoms with E-state index in [-0.39, 0.29) is 67.3 Å². The van der Waals surface area contributed by atoms with Crippen molar-refractivity contribution in [2.45, 2.75) is 0 Å². The average Bonchev–Trinajstić information content (AvgIpc) is 1.61. The molecule has 0 unspecified atom stereocenters. The van der Waals surface area contributed by atoms with Gasteiger partial charge in [0.25, 0.3) is 0 Å². The van der Waals surface area contributed by atoms with Gasteiger partial charge in [-0.15, -0.1) is 12.6 Å². The van der Waals surface area contributed by atoms with Crippen LogP contribution in [0.5, 0.6) is 0 Å². The standard InChI is InChI=1S/CH4N2S2.Ca.Na.H3O4P/c2-3-1(4)5;;;1-5(2,3)4/h2H2,(H2,3,4,5);;;(H3,1,2,3,4)/q;+2;+1;/p-3. The third-order valence-electron chi connectivity index (χ3n) is 0.123. The molecule has 0 saturated carbocycles. The van der Waals surface area contributed by atoms with Gasteiger partial charge >= 0.3 is 67.3 Å². The minimum atomic E-state index is -5.39. The average molecular weight is 266 g/mol. The van der Waals surface area contributed by atoms with Gasteiger partial charge in [-0.25, -0.2) is 5.84 Å². The van der Waals surface area contributed by atoms with Crippen molar-refractivity contribution in [1.82, 2.24) is 5.43 Å². The van der Waals surface area contributed by atoms with Crippen molar-refractivity contribution in [3.05, 3.63) is 0 Å². The number of thiocarbonyl (C=S) groups is 1. The molecular formula is CH4CaN2NaO4PS2. The molecule has 0 spiro atoms. The first-order chi connectivity index (χ1) is 4.27. The zero-order valence-corrected chi connectivity index (χ0v) is 13.0. The van der Waals surface area contributed by atoms with Crippen LogP contribution in [-0.2, 0) is 4.57 Å². The zero-order valence-electron chi connectivity index (χ0n) is 6.22. The molecule has 0 amide bonds. The molecule has 11 heteroatoms. The number of rotatable bonds is 0. The van der Waals surface area contributed by atoms with Crippen LogP contribution in [0.25, 0.3) is 0 Å². The Morgan fingerprint density at radius 3 is 1.58 bits per heavy atom. The Hall–Kier alpha value is 2.57. The van der Waals surface area contributed by atoms with Gasteiger partial charge in [0, 0.05) is 0 Å². The van der Waals surface area contributed by atoms with Crippen LogP contribution in [0.4, 0.5) is 0 Å². The van der Waals surface area contributed by atoms with Crippen LogP contribution >= 0.6 is 32.7 Å². The van der Waals surface area contributed by atoms with Crippen LogP contribution in [0.15, 0.2) is 0 Å². The van der Waals surface area contributed by atoms with E-state index >= 15 is 0 Å². The van der Waals surface area contributed by atoms with E-state index in [9.17, 15) is 0 Å². The Morgan fingerprint density at radius 1 is 1.50 bits per heavy atom. The van der Waals surface area contributed by atoms with E-state index in [1.807, 2.05) is 0 Å². The van der Waals surface area contributed by atoms with Crippen LogP contribution in [0, 0.1) is 0 Å². The minimum absolute atomic E-state index is 0. The largest absolute Gasteiger partial charge is 2.00 e. The van der Waals surface area contributed by atoms with Crippen LogP contribution < -0.4 is 55.5 Å². The fourth-order valence-corrected chi connectivity index (χ4v) is 0. The summed E-state index contributed by atoms with van der Waals surface area (Å²) in [7, 11) is -5.39. The fourth-order valence-electron chi connectivity index (χ4n) is 0. The van der Waals surface area contributed by atoms with E-state index in [0.29, 0.717) is 4.32 Å². The Bertz CT molecular complexity index is 146. The van der Waals surface area contributed by atoms with Gasteiger partial charge in [0.1, 0.15) is 4.32 Å². The van der Waals surface area contributed by atoms with Gasteiger partial charge < -0.3 is 24.7 Å². The van der Waals surface area contributed by atoms with Gasteiger partial charge in [0.05, 0.1) is 0 Å². The second-order valence-electron chi connectivity index (χ2n) is 0.897. The molecule has 0 rings (SSSR count). The van der Waals surface area contributed by atoms with E-state index in [2.05, 4.69) is 30.3 Å². The van der Waals surface area contributed by atoms with Crippen molar-refractivity contribution in [3.63, 3.8) is 0 Å². The SMILES string of the molecule is NNC(=S)S.O=P([O-])([O-])[O-].[Ca+2].[Na+]. The van der Waals surface area contributed by atoms with Crippen LogP contribution in [0.2, 0.25) is 0 Å². The van der Waals surface area contributed by atoms with Crippen LogP contribution in [0.1, 0.15) is 0 Å². The third-order valence-corrected chi connectivity index (χ3v) is 0.370. The molecule has 0 aliphatic heterocycles. The Morgan fingerprint density at radius 2 is 1.58 bits per heavy atom. The number of thiol groups is 1. The van der Waals surface area contributed by atoms with E-state index in [0.717, 1.165) is 0 Å². The Kier molecular flexibility index (Phi) is 27.2. The molecule has 0 aromatic heterocycles. The van der Waals surface area contributed by atoms with Crippen molar-refractivity contribution in [1.29, 1.82) is 0 Å². The topological polar surface area (TPSA) is 124 Å². The van der Waals surface area contributed by atoms with Crippen LogP contribution in [-0.4, -0.2) is 42.1 Å². The normalized spacial score (nSPS) is 7.75. The molecule has 3 N–H and O–H groups in total. The second kappa shape index (κ2) is 13.6. The molecule has 0 fully saturated rings. The van der Waals surface area contributed by atoms with Crippen molar-refractivity contribution in [3.8, 4) is 0 Å². The predicted molar refractivity (Wildman–Crippen MR) is 42.3 cm³/mol. The summed E-state index contributed by atoms with van der Waals surface area (Å²) >= 11 is 7.92. The summed E-state index contributed by atoms with van der Waals surface area (Å²) in [6, 6.07) is 0. The van der Waals surface area contributed by atoms with Crippen molar-refractivity contribution in [2.24, 2.45) is 5.84 Å².